The van der Waals surface area contributed by atoms with Crippen LogP contribution in [0.1, 0.15) is 59.3 Å². The van der Waals surface area contributed by atoms with E-state index in [9.17, 15) is 15.0 Å². The van der Waals surface area contributed by atoms with Crippen LogP contribution in [0.5, 0.6) is 0 Å². The van der Waals surface area contributed by atoms with Gasteiger partial charge in [-0.25, -0.2) is 0 Å². The first-order valence-electron chi connectivity index (χ1n) is 9.55. The lowest BCUT2D eigenvalue weighted by atomic mass is 9.49. The molecule has 0 bridgehead atoms. The van der Waals surface area contributed by atoms with Crippen molar-refractivity contribution < 1.29 is 15.0 Å². The predicted octanol–water partition coefficient (Wildman–Crippen LogP) is 3.41. The average molecular weight is 330 g/mol. The summed E-state index contributed by atoms with van der Waals surface area (Å²) in [7, 11) is 0. The summed E-state index contributed by atoms with van der Waals surface area (Å²) in [6.07, 6.45) is 9.08. The average Bonchev–Trinajstić information content (AvgIpc) is 2.84. The molecule has 3 heteroatoms. The summed E-state index contributed by atoms with van der Waals surface area (Å²) in [5.41, 5.74) is 2.56. The van der Waals surface area contributed by atoms with E-state index in [1.54, 1.807) is 6.92 Å². The molecule has 0 amide bonds. The van der Waals surface area contributed by atoms with E-state index in [2.05, 4.69) is 26.0 Å². The van der Waals surface area contributed by atoms with Crippen molar-refractivity contribution in [3.63, 3.8) is 0 Å². The molecule has 7 atom stereocenters. The van der Waals surface area contributed by atoms with Gasteiger partial charge in [0.2, 0.25) is 0 Å². The molecule has 0 aliphatic heterocycles. The van der Waals surface area contributed by atoms with E-state index in [1.807, 2.05) is 0 Å². The summed E-state index contributed by atoms with van der Waals surface area (Å²) >= 11 is 0. The van der Waals surface area contributed by atoms with Crippen LogP contribution in [0.2, 0.25) is 0 Å². The van der Waals surface area contributed by atoms with E-state index in [-0.39, 0.29) is 40.7 Å². The predicted molar refractivity (Wildman–Crippen MR) is 93.2 cm³/mol. The molecule has 0 aromatic rings. The highest BCUT2D eigenvalue weighted by Gasteiger charge is 2.60. The van der Waals surface area contributed by atoms with Crippen LogP contribution in [0.15, 0.2) is 23.3 Å². The molecule has 0 spiro atoms. The van der Waals surface area contributed by atoms with Crippen LogP contribution in [0.25, 0.3) is 0 Å². The highest BCUT2D eigenvalue weighted by molar-refractivity contribution is 5.79. The lowest BCUT2D eigenvalue weighted by Crippen LogP contribution is -2.52. The maximum Gasteiger partial charge on any atom is 0.133 e. The normalized spacial score (nSPS) is 50.3. The minimum absolute atomic E-state index is 0.0294. The zero-order chi connectivity index (χ0) is 17.3. The van der Waals surface area contributed by atoms with E-state index in [1.165, 1.54) is 11.1 Å². The number of carbonyl (C=O) groups is 1. The van der Waals surface area contributed by atoms with Gasteiger partial charge >= 0.3 is 0 Å². The number of hydrogen-bond donors (Lipinski definition) is 2. The zero-order valence-corrected chi connectivity index (χ0v) is 15.1. The SMILES string of the molecule is CC(=O)[C@H]1CC[C@H]2C3=CC=C4CC(O)CC[C@]4(C)[C@H]3C(O)C[C@]12C. The van der Waals surface area contributed by atoms with Gasteiger partial charge in [-0.1, -0.05) is 37.1 Å². The minimum Gasteiger partial charge on any atom is -0.393 e. The Balaban J connectivity index is 1.77. The van der Waals surface area contributed by atoms with E-state index in [0.717, 1.165) is 38.5 Å². The first kappa shape index (κ1) is 16.5. The molecule has 2 N–H and O–H groups in total. The Morgan fingerprint density at radius 3 is 2.62 bits per heavy atom. The summed E-state index contributed by atoms with van der Waals surface area (Å²) < 4.78 is 0. The monoisotopic (exact) mass is 330 g/mol. The third-order valence-corrected chi connectivity index (χ3v) is 7.97. The Hall–Kier alpha value is -0.930. The molecule has 4 aliphatic carbocycles. The molecule has 24 heavy (non-hydrogen) atoms. The third kappa shape index (κ3) is 2.07. The molecule has 132 valence electrons. The van der Waals surface area contributed by atoms with E-state index in [0.29, 0.717) is 5.92 Å². The van der Waals surface area contributed by atoms with Crippen LogP contribution in [-0.4, -0.2) is 28.2 Å². The molecular weight excluding hydrogens is 300 g/mol. The molecular formula is C21H30O3. The van der Waals surface area contributed by atoms with Gasteiger partial charge in [-0.05, 0) is 62.2 Å². The number of allylic oxidation sites excluding steroid dienone is 2. The molecule has 3 fully saturated rings. The summed E-state index contributed by atoms with van der Waals surface area (Å²) in [4.78, 5) is 12.2. The highest BCUT2D eigenvalue weighted by Crippen LogP contribution is 2.64. The van der Waals surface area contributed by atoms with E-state index in [4.69, 9.17) is 0 Å². The maximum absolute atomic E-state index is 12.2. The van der Waals surface area contributed by atoms with Crippen molar-refractivity contribution in [3.8, 4) is 0 Å². The number of fused-ring (bicyclic) bond motifs is 5. The number of hydrogen-bond acceptors (Lipinski definition) is 3. The molecule has 2 unspecified atom stereocenters. The van der Waals surface area contributed by atoms with Crippen molar-refractivity contribution >= 4 is 5.78 Å². The summed E-state index contributed by atoms with van der Waals surface area (Å²) in [6.45, 7) is 6.22. The summed E-state index contributed by atoms with van der Waals surface area (Å²) in [5, 5.41) is 21.2. The molecule has 0 heterocycles. The van der Waals surface area contributed by atoms with Crippen LogP contribution < -0.4 is 0 Å². The quantitative estimate of drug-likeness (QED) is 0.775. The third-order valence-electron chi connectivity index (χ3n) is 7.97. The Morgan fingerprint density at radius 2 is 1.92 bits per heavy atom. The fraction of sp³-hybridized carbons (Fsp3) is 0.762. The van der Waals surface area contributed by atoms with Gasteiger partial charge in [-0.2, -0.15) is 0 Å². The van der Waals surface area contributed by atoms with Crippen LogP contribution in [0.4, 0.5) is 0 Å². The van der Waals surface area contributed by atoms with Gasteiger partial charge in [0.25, 0.3) is 0 Å². The van der Waals surface area contributed by atoms with Crippen molar-refractivity contribution in [2.24, 2.45) is 28.6 Å². The van der Waals surface area contributed by atoms with Crippen LogP contribution in [-0.2, 0) is 4.79 Å². The smallest absolute Gasteiger partial charge is 0.133 e. The fourth-order valence-electron chi connectivity index (χ4n) is 6.78. The second-order valence-corrected chi connectivity index (χ2v) is 9.22. The zero-order valence-electron chi connectivity index (χ0n) is 15.1. The Labute approximate surface area is 144 Å². The van der Waals surface area contributed by atoms with Gasteiger partial charge in [0.05, 0.1) is 12.2 Å². The van der Waals surface area contributed by atoms with Crippen molar-refractivity contribution in [3.05, 3.63) is 23.3 Å². The lowest BCUT2D eigenvalue weighted by molar-refractivity contribution is -0.126. The number of Topliss-reactive ketones (excluding diaryl/α,β-unsaturated/α-hetero) is 1. The molecule has 3 nitrogen and oxygen atoms in total. The molecule has 4 rings (SSSR count). The molecule has 3 saturated carbocycles. The Bertz CT molecular complexity index is 633. The number of aliphatic hydroxyl groups excluding tert-OH is 2. The van der Waals surface area contributed by atoms with Crippen molar-refractivity contribution in [1.29, 1.82) is 0 Å². The van der Waals surface area contributed by atoms with Crippen molar-refractivity contribution in [1.82, 2.24) is 0 Å². The van der Waals surface area contributed by atoms with Gasteiger partial charge in [0, 0.05) is 11.8 Å². The lowest BCUT2D eigenvalue weighted by Gasteiger charge is -2.56. The van der Waals surface area contributed by atoms with Gasteiger partial charge in [0.15, 0.2) is 0 Å². The highest BCUT2D eigenvalue weighted by atomic mass is 16.3. The Morgan fingerprint density at radius 1 is 1.17 bits per heavy atom. The van der Waals surface area contributed by atoms with Gasteiger partial charge in [0.1, 0.15) is 5.78 Å². The molecule has 0 radical (unpaired) electrons. The number of carbonyl (C=O) groups excluding carboxylic acids is 1. The maximum atomic E-state index is 12.2. The van der Waals surface area contributed by atoms with Crippen LogP contribution in [0, 0.1) is 28.6 Å². The molecule has 4 aliphatic rings. The van der Waals surface area contributed by atoms with Gasteiger partial charge < -0.3 is 10.2 Å². The Kier molecular flexibility index (Phi) is 3.64. The van der Waals surface area contributed by atoms with Gasteiger partial charge in [-0.3, -0.25) is 4.79 Å². The topological polar surface area (TPSA) is 57.5 Å². The van der Waals surface area contributed by atoms with Crippen LogP contribution >= 0.6 is 0 Å². The summed E-state index contributed by atoms with van der Waals surface area (Å²) in [6, 6.07) is 0. The second-order valence-electron chi connectivity index (χ2n) is 9.22. The van der Waals surface area contributed by atoms with Crippen LogP contribution in [0.3, 0.4) is 0 Å². The van der Waals surface area contributed by atoms with E-state index >= 15 is 0 Å². The standard InChI is InChI=1S/C21H30O3/c1-12(22)16-6-7-17-15-5-4-13-10-14(23)8-9-20(13,2)19(15)18(24)11-21(16,17)3/h4-5,14,16-19,23-24H,6-11H2,1-3H3/t14?,16-,17+,18?,19-,20+,21-/m1/s1. The largest absolute Gasteiger partial charge is 0.393 e. The second kappa shape index (κ2) is 5.28. The number of ketones is 1. The fourth-order valence-corrected chi connectivity index (χ4v) is 6.78. The number of aliphatic hydroxyl groups is 2. The number of rotatable bonds is 1. The van der Waals surface area contributed by atoms with Crippen molar-refractivity contribution in [2.75, 3.05) is 0 Å². The minimum atomic E-state index is -0.388. The first-order valence-corrected chi connectivity index (χ1v) is 9.55. The van der Waals surface area contributed by atoms with Gasteiger partial charge in [-0.15, -0.1) is 0 Å². The molecule has 0 aromatic carbocycles. The summed E-state index contributed by atoms with van der Waals surface area (Å²) in [5.74, 6) is 0.950. The first-order chi connectivity index (χ1) is 11.3. The molecule has 0 aromatic heterocycles. The molecule has 0 saturated heterocycles. The van der Waals surface area contributed by atoms with E-state index < -0.39 is 0 Å². The van der Waals surface area contributed by atoms with Crippen molar-refractivity contribution in [2.45, 2.75) is 71.5 Å².